The molecule has 0 bridgehead atoms. The number of likely N-dealkylation sites (tertiary alicyclic amines) is 1. The van der Waals surface area contributed by atoms with E-state index in [0.717, 1.165) is 0 Å². The van der Waals surface area contributed by atoms with Gasteiger partial charge < -0.3 is 0 Å². The van der Waals surface area contributed by atoms with Crippen LogP contribution in [-0.4, -0.2) is 38.2 Å². The van der Waals surface area contributed by atoms with Crippen molar-refractivity contribution >= 4 is 10.0 Å². The quantitative estimate of drug-likeness (QED) is 0.862. The second-order valence-electron chi connectivity index (χ2n) is 6.06. The Labute approximate surface area is 136 Å². The Hall–Kier alpha value is -1.05. The largest absolute Gasteiger partial charge is 0.296 e. The second-order valence-corrected chi connectivity index (χ2v) is 7.93. The van der Waals surface area contributed by atoms with E-state index in [-0.39, 0.29) is 23.4 Å². The first-order chi connectivity index (χ1) is 10.8. The SMILES string of the molecule is CCCS(=O)(=O)NC1CCN(C(C)c2c(F)cccc2F)CC1. The van der Waals surface area contributed by atoms with Gasteiger partial charge in [0.05, 0.1) is 5.75 Å². The lowest BCUT2D eigenvalue weighted by atomic mass is 10.00. The summed E-state index contributed by atoms with van der Waals surface area (Å²) >= 11 is 0. The molecule has 1 fully saturated rings. The van der Waals surface area contributed by atoms with Crippen molar-refractivity contribution in [2.45, 2.75) is 45.2 Å². The highest BCUT2D eigenvalue weighted by atomic mass is 32.2. The highest BCUT2D eigenvalue weighted by molar-refractivity contribution is 7.89. The van der Waals surface area contributed by atoms with E-state index in [1.807, 2.05) is 11.8 Å². The molecule has 2 rings (SSSR count). The zero-order chi connectivity index (χ0) is 17.0. The number of piperidine rings is 1. The number of nitrogens with one attached hydrogen (secondary N) is 1. The first kappa shape index (κ1) is 18.3. The van der Waals surface area contributed by atoms with Crippen molar-refractivity contribution in [1.29, 1.82) is 0 Å². The topological polar surface area (TPSA) is 49.4 Å². The average Bonchev–Trinajstić information content (AvgIpc) is 2.47. The van der Waals surface area contributed by atoms with Crippen molar-refractivity contribution in [2.75, 3.05) is 18.8 Å². The Kier molecular flexibility index (Phi) is 6.11. The highest BCUT2D eigenvalue weighted by Crippen LogP contribution is 2.28. The van der Waals surface area contributed by atoms with Crippen LogP contribution >= 0.6 is 0 Å². The summed E-state index contributed by atoms with van der Waals surface area (Å²) in [5.74, 6) is -0.948. The minimum absolute atomic E-state index is 0.0810. The van der Waals surface area contributed by atoms with Crippen molar-refractivity contribution < 1.29 is 17.2 Å². The smallest absolute Gasteiger partial charge is 0.211 e. The molecule has 1 aromatic carbocycles. The first-order valence-corrected chi connectivity index (χ1v) is 9.67. The van der Waals surface area contributed by atoms with Gasteiger partial charge in [-0.15, -0.1) is 0 Å². The van der Waals surface area contributed by atoms with E-state index < -0.39 is 21.7 Å². The number of benzene rings is 1. The standard InChI is InChI=1S/C16H24F2N2O2S/c1-3-11-23(21,22)19-13-7-9-20(10-8-13)12(2)16-14(17)5-4-6-15(16)18/h4-6,12-13,19H,3,7-11H2,1-2H3. The van der Waals surface area contributed by atoms with E-state index >= 15 is 0 Å². The van der Waals surface area contributed by atoms with Crippen LogP contribution in [0.4, 0.5) is 8.78 Å². The zero-order valence-electron chi connectivity index (χ0n) is 13.6. The summed E-state index contributed by atoms with van der Waals surface area (Å²) in [7, 11) is -3.22. The van der Waals surface area contributed by atoms with Crippen LogP contribution < -0.4 is 4.72 Å². The van der Waals surface area contributed by atoms with Crippen molar-refractivity contribution in [3.05, 3.63) is 35.4 Å². The summed E-state index contributed by atoms with van der Waals surface area (Å²) in [4.78, 5) is 1.99. The number of hydrogen-bond donors (Lipinski definition) is 1. The molecule has 0 aliphatic carbocycles. The summed E-state index contributed by atoms with van der Waals surface area (Å²) in [6, 6.07) is 3.42. The van der Waals surface area contributed by atoms with Gasteiger partial charge in [0, 0.05) is 30.7 Å². The summed E-state index contributed by atoms with van der Waals surface area (Å²) in [5, 5.41) is 0. The van der Waals surface area contributed by atoms with Crippen LogP contribution in [0.3, 0.4) is 0 Å². The van der Waals surface area contributed by atoms with Gasteiger partial charge in [-0.25, -0.2) is 21.9 Å². The van der Waals surface area contributed by atoms with Crippen LogP contribution in [0.1, 0.15) is 44.7 Å². The number of sulfonamides is 1. The molecule has 1 aliphatic rings. The molecule has 0 amide bonds. The van der Waals surface area contributed by atoms with Gasteiger partial charge in [-0.3, -0.25) is 4.90 Å². The minimum Gasteiger partial charge on any atom is -0.296 e. The lowest BCUT2D eigenvalue weighted by molar-refractivity contribution is 0.154. The molecule has 1 atom stereocenters. The Balaban J connectivity index is 1.96. The maximum absolute atomic E-state index is 13.9. The molecular weight excluding hydrogens is 322 g/mol. The van der Waals surface area contributed by atoms with E-state index in [1.54, 1.807) is 6.92 Å². The van der Waals surface area contributed by atoms with E-state index in [4.69, 9.17) is 0 Å². The Bertz CT molecular complexity index is 609. The molecule has 1 unspecified atom stereocenters. The van der Waals surface area contributed by atoms with Crippen LogP contribution in [0, 0.1) is 11.6 Å². The molecule has 130 valence electrons. The molecule has 1 N–H and O–H groups in total. The molecule has 0 radical (unpaired) electrons. The second kappa shape index (κ2) is 7.68. The van der Waals surface area contributed by atoms with Crippen LogP contribution in [0.5, 0.6) is 0 Å². The van der Waals surface area contributed by atoms with Crippen LogP contribution in [0.2, 0.25) is 0 Å². The predicted octanol–water partition coefficient (Wildman–Crippen LogP) is 2.82. The van der Waals surface area contributed by atoms with Crippen LogP contribution in [0.25, 0.3) is 0 Å². The molecule has 0 saturated carbocycles. The monoisotopic (exact) mass is 346 g/mol. The highest BCUT2D eigenvalue weighted by Gasteiger charge is 2.28. The number of rotatable bonds is 6. The summed E-state index contributed by atoms with van der Waals surface area (Å²) < 4.78 is 54.1. The first-order valence-electron chi connectivity index (χ1n) is 8.02. The molecule has 1 heterocycles. The molecule has 4 nitrogen and oxygen atoms in total. The zero-order valence-corrected chi connectivity index (χ0v) is 14.4. The van der Waals surface area contributed by atoms with Gasteiger partial charge in [0.25, 0.3) is 0 Å². The fourth-order valence-electron chi connectivity index (χ4n) is 3.08. The normalized spacial score (nSPS) is 19.0. The molecule has 1 saturated heterocycles. The van der Waals surface area contributed by atoms with Crippen molar-refractivity contribution in [1.82, 2.24) is 9.62 Å². The van der Waals surface area contributed by atoms with Gasteiger partial charge in [0.15, 0.2) is 0 Å². The van der Waals surface area contributed by atoms with Crippen LogP contribution in [0.15, 0.2) is 18.2 Å². The van der Waals surface area contributed by atoms with Crippen molar-refractivity contribution in [2.24, 2.45) is 0 Å². The van der Waals surface area contributed by atoms with Crippen molar-refractivity contribution in [3.8, 4) is 0 Å². The lowest BCUT2D eigenvalue weighted by Gasteiger charge is -2.36. The van der Waals surface area contributed by atoms with Crippen molar-refractivity contribution in [3.63, 3.8) is 0 Å². The van der Waals surface area contributed by atoms with Gasteiger partial charge in [-0.2, -0.15) is 0 Å². The molecule has 0 aromatic heterocycles. The maximum Gasteiger partial charge on any atom is 0.211 e. The van der Waals surface area contributed by atoms with Gasteiger partial charge in [-0.05, 0) is 38.3 Å². The Morgan fingerprint density at radius 3 is 2.35 bits per heavy atom. The van der Waals surface area contributed by atoms with E-state index in [1.165, 1.54) is 18.2 Å². The Morgan fingerprint density at radius 2 is 1.83 bits per heavy atom. The molecular formula is C16H24F2N2O2S. The van der Waals surface area contributed by atoms with Gasteiger partial charge in [0.2, 0.25) is 10.0 Å². The van der Waals surface area contributed by atoms with Gasteiger partial charge >= 0.3 is 0 Å². The third-order valence-electron chi connectivity index (χ3n) is 4.31. The lowest BCUT2D eigenvalue weighted by Crippen LogP contribution is -2.45. The van der Waals surface area contributed by atoms with Crippen LogP contribution in [-0.2, 0) is 10.0 Å². The fourth-order valence-corrected chi connectivity index (χ4v) is 4.48. The fraction of sp³-hybridized carbons (Fsp3) is 0.625. The number of hydrogen-bond acceptors (Lipinski definition) is 3. The third-order valence-corrected chi connectivity index (χ3v) is 5.95. The molecule has 7 heteroatoms. The molecule has 0 spiro atoms. The number of halogens is 2. The third kappa shape index (κ3) is 4.71. The Morgan fingerprint density at radius 1 is 1.26 bits per heavy atom. The summed E-state index contributed by atoms with van der Waals surface area (Å²) in [6.07, 6.45) is 1.87. The summed E-state index contributed by atoms with van der Waals surface area (Å²) in [5.41, 5.74) is 0.0810. The van der Waals surface area contributed by atoms with E-state index in [2.05, 4.69) is 4.72 Å². The predicted molar refractivity (Wildman–Crippen MR) is 86.6 cm³/mol. The molecule has 23 heavy (non-hydrogen) atoms. The van der Waals surface area contributed by atoms with E-state index in [9.17, 15) is 17.2 Å². The summed E-state index contributed by atoms with van der Waals surface area (Å²) in [6.45, 7) is 4.82. The maximum atomic E-state index is 13.9. The average molecular weight is 346 g/mol. The minimum atomic E-state index is -3.22. The van der Waals surface area contributed by atoms with Gasteiger partial charge in [0.1, 0.15) is 11.6 Å². The number of nitrogens with zero attached hydrogens (tertiary/aromatic N) is 1. The molecule has 1 aromatic rings. The molecule has 1 aliphatic heterocycles. The van der Waals surface area contributed by atoms with Gasteiger partial charge in [-0.1, -0.05) is 13.0 Å². The van der Waals surface area contributed by atoms with E-state index in [0.29, 0.717) is 32.4 Å².